The van der Waals surface area contributed by atoms with Crippen LogP contribution in [0, 0.1) is 20.2 Å². The zero-order valence-corrected chi connectivity index (χ0v) is 15.2. The van der Waals surface area contributed by atoms with Crippen LogP contribution in [-0.2, 0) is 0 Å². The molecule has 0 spiro atoms. The molecular weight excluding hydrogens is 412 g/mol. The second kappa shape index (κ2) is 8.25. The van der Waals surface area contributed by atoms with Gasteiger partial charge in [-0.05, 0) is 34.1 Å². The molecule has 136 valence electrons. The van der Waals surface area contributed by atoms with E-state index in [4.69, 9.17) is 9.47 Å². The Labute approximate surface area is 155 Å². The number of nitro groups is 2. The number of nitrogens with zero attached hydrogens (tertiary/aromatic N) is 3. The van der Waals surface area contributed by atoms with Crippen molar-refractivity contribution in [3.63, 3.8) is 0 Å². The van der Waals surface area contributed by atoms with Crippen molar-refractivity contribution in [1.82, 2.24) is 0 Å². The Hall–Kier alpha value is -3.21. The number of anilines is 1. The maximum atomic E-state index is 11.1. The van der Waals surface area contributed by atoms with E-state index >= 15 is 0 Å². The Morgan fingerprint density at radius 3 is 2.31 bits per heavy atom. The van der Waals surface area contributed by atoms with Crippen molar-refractivity contribution >= 4 is 39.2 Å². The van der Waals surface area contributed by atoms with Crippen LogP contribution in [0.1, 0.15) is 5.56 Å². The Bertz CT molecular complexity index is 887. The minimum Gasteiger partial charge on any atom is -0.493 e. The van der Waals surface area contributed by atoms with Gasteiger partial charge in [-0.25, -0.2) is 0 Å². The first-order valence-electron chi connectivity index (χ1n) is 7.00. The first kappa shape index (κ1) is 19.1. The van der Waals surface area contributed by atoms with Gasteiger partial charge in [0, 0.05) is 16.1 Å². The Balaban J connectivity index is 2.28. The summed E-state index contributed by atoms with van der Waals surface area (Å²) in [6, 6.07) is 6.59. The lowest BCUT2D eigenvalue weighted by molar-refractivity contribution is -0.393. The van der Waals surface area contributed by atoms with Gasteiger partial charge in [0.1, 0.15) is 5.69 Å². The van der Waals surface area contributed by atoms with E-state index in [1.807, 2.05) is 0 Å². The van der Waals surface area contributed by atoms with Crippen LogP contribution in [0.25, 0.3) is 0 Å². The van der Waals surface area contributed by atoms with Crippen LogP contribution in [0.15, 0.2) is 39.9 Å². The smallest absolute Gasteiger partial charge is 0.301 e. The number of nitrogens with one attached hydrogen (secondary N) is 1. The number of halogens is 1. The average Bonchev–Trinajstić information content (AvgIpc) is 2.62. The summed E-state index contributed by atoms with van der Waals surface area (Å²) in [5, 5.41) is 25.8. The SMILES string of the molecule is COc1cc(Br)c(C=NNc2ccc([N+](=O)[O-])cc2[N+](=O)[O-])cc1OC. The predicted octanol–water partition coefficient (Wildman–Crippen LogP) is 3.73. The van der Waals surface area contributed by atoms with Gasteiger partial charge < -0.3 is 9.47 Å². The largest absolute Gasteiger partial charge is 0.493 e. The zero-order chi connectivity index (χ0) is 19.3. The summed E-state index contributed by atoms with van der Waals surface area (Å²) in [5.74, 6) is 1.01. The highest BCUT2D eigenvalue weighted by Crippen LogP contribution is 2.33. The molecule has 10 nitrogen and oxygen atoms in total. The Morgan fingerprint density at radius 1 is 1.08 bits per heavy atom. The van der Waals surface area contributed by atoms with E-state index in [9.17, 15) is 20.2 Å². The average molecular weight is 425 g/mol. The summed E-state index contributed by atoms with van der Waals surface area (Å²) in [4.78, 5) is 20.4. The number of non-ortho nitro benzene ring substituents is 1. The van der Waals surface area contributed by atoms with Gasteiger partial charge in [-0.15, -0.1) is 0 Å². The number of hydrazone groups is 1. The van der Waals surface area contributed by atoms with Crippen LogP contribution in [0.2, 0.25) is 0 Å². The van der Waals surface area contributed by atoms with E-state index in [1.54, 1.807) is 12.1 Å². The number of benzene rings is 2. The third-order valence-corrected chi connectivity index (χ3v) is 3.97. The minimum atomic E-state index is -0.725. The number of ether oxygens (including phenoxy) is 2. The molecule has 0 aliphatic carbocycles. The number of rotatable bonds is 7. The van der Waals surface area contributed by atoms with E-state index in [-0.39, 0.29) is 11.4 Å². The Morgan fingerprint density at radius 2 is 1.73 bits per heavy atom. The lowest BCUT2D eigenvalue weighted by Crippen LogP contribution is -1.99. The molecule has 26 heavy (non-hydrogen) atoms. The molecule has 0 saturated heterocycles. The molecule has 0 unspecified atom stereocenters. The van der Waals surface area contributed by atoms with Crippen molar-refractivity contribution < 1.29 is 19.3 Å². The molecular formula is C15H13BrN4O6. The van der Waals surface area contributed by atoms with Crippen molar-refractivity contribution in [3.05, 3.63) is 60.6 Å². The van der Waals surface area contributed by atoms with E-state index in [1.165, 1.54) is 26.5 Å². The topological polar surface area (TPSA) is 129 Å². The van der Waals surface area contributed by atoms with E-state index in [0.717, 1.165) is 12.1 Å². The van der Waals surface area contributed by atoms with Crippen LogP contribution in [0.3, 0.4) is 0 Å². The number of hydrogen-bond acceptors (Lipinski definition) is 8. The number of methoxy groups -OCH3 is 2. The molecule has 0 heterocycles. The van der Waals surface area contributed by atoms with Gasteiger partial charge in [0.05, 0.1) is 36.3 Å². The summed E-state index contributed by atoms with van der Waals surface area (Å²) in [6.45, 7) is 0. The quantitative estimate of drug-likeness (QED) is 0.407. The summed E-state index contributed by atoms with van der Waals surface area (Å²) >= 11 is 3.36. The molecule has 0 amide bonds. The van der Waals surface area contributed by atoms with Crippen molar-refractivity contribution in [1.29, 1.82) is 0 Å². The number of nitro benzene ring substituents is 2. The van der Waals surface area contributed by atoms with Crippen molar-refractivity contribution in [3.8, 4) is 11.5 Å². The maximum Gasteiger partial charge on any atom is 0.301 e. The lowest BCUT2D eigenvalue weighted by atomic mass is 10.2. The molecule has 0 aliphatic rings. The maximum absolute atomic E-state index is 11.1. The first-order chi connectivity index (χ1) is 12.4. The van der Waals surface area contributed by atoms with Crippen molar-refractivity contribution in [2.45, 2.75) is 0 Å². The van der Waals surface area contributed by atoms with Gasteiger partial charge in [-0.3, -0.25) is 25.7 Å². The fraction of sp³-hybridized carbons (Fsp3) is 0.133. The normalized spacial score (nSPS) is 10.6. The molecule has 0 atom stereocenters. The van der Waals surface area contributed by atoms with Crippen molar-refractivity contribution in [2.75, 3.05) is 19.6 Å². The van der Waals surface area contributed by atoms with Gasteiger partial charge in [0.2, 0.25) is 0 Å². The van der Waals surface area contributed by atoms with Crippen LogP contribution in [0.4, 0.5) is 17.1 Å². The fourth-order valence-corrected chi connectivity index (χ4v) is 2.44. The highest BCUT2D eigenvalue weighted by Gasteiger charge is 2.19. The third kappa shape index (κ3) is 4.25. The fourth-order valence-electron chi connectivity index (χ4n) is 2.02. The molecule has 2 aromatic carbocycles. The highest BCUT2D eigenvalue weighted by molar-refractivity contribution is 9.10. The van der Waals surface area contributed by atoms with Gasteiger partial charge in [0.25, 0.3) is 5.69 Å². The standard InChI is InChI=1S/C15H13BrN4O6/c1-25-14-5-9(11(16)7-15(14)26-2)8-17-18-12-4-3-10(19(21)22)6-13(12)20(23)24/h3-8,18H,1-2H3. The van der Waals surface area contributed by atoms with E-state index in [2.05, 4.69) is 26.5 Å². The summed E-state index contributed by atoms with van der Waals surface area (Å²) in [7, 11) is 3.00. The second-order valence-corrected chi connectivity index (χ2v) is 5.67. The molecule has 0 aliphatic heterocycles. The van der Waals surface area contributed by atoms with Crippen molar-refractivity contribution in [2.24, 2.45) is 5.10 Å². The molecule has 0 fully saturated rings. The molecule has 0 saturated carbocycles. The predicted molar refractivity (Wildman–Crippen MR) is 98.2 cm³/mol. The van der Waals surface area contributed by atoms with Gasteiger partial charge in [-0.1, -0.05) is 0 Å². The molecule has 2 aromatic rings. The Kier molecular flexibility index (Phi) is 6.07. The van der Waals surface area contributed by atoms with Gasteiger partial charge >= 0.3 is 5.69 Å². The lowest BCUT2D eigenvalue weighted by Gasteiger charge is -2.09. The summed E-state index contributed by atoms with van der Waals surface area (Å²) in [5.41, 5.74) is 2.32. The van der Waals surface area contributed by atoms with Crippen LogP contribution < -0.4 is 14.9 Å². The molecule has 1 N–H and O–H groups in total. The van der Waals surface area contributed by atoms with Crippen LogP contribution in [-0.4, -0.2) is 30.3 Å². The second-order valence-electron chi connectivity index (χ2n) is 4.81. The molecule has 0 aromatic heterocycles. The van der Waals surface area contributed by atoms with Crippen LogP contribution >= 0.6 is 15.9 Å². The molecule has 11 heteroatoms. The van der Waals surface area contributed by atoms with Crippen LogP contribution in [0.5, 0.6) is 11.5 Å². The summed E-state index contributed by atoms with van der Waals surface area (Å²) < 4.78 is 11.0. The minimum absolute atomic E-state index is 0.0217. The van der Waals surface area contributed by atoms with Gasteiger partial charge in [-0.2, -0.15) is 5.10 Å². The molecule has 2 rings (SSSR count). The monoisotopic (exact) mass is 424 g/mol. The zero-order valence-electron chi connectivity index (χ0n) is 13.6. The van der Waals surface area contributed by atoms with E-state index < -0.39 is 15.5 Å². The summed E-state index contributed by atoms with van der Waals surface area (Å²) in [6.07, 6.45) is 1.41. The van der Waals surface area contributed by atoms with E-state index in [0.29, 0.717) is 21.5 Å². The molecule has 0 bridgehead atoms. The third-order valence-electron chi connectivity index (χ3n) is 3.28. The highest BCUT2D eigenvalue weighted by atomic mass is 79.9. The van der Waals surface area contributed by atoms with Gasteiger partial charge in [0.15, 0.2) is 11.5 Å². The first-order valence-corrected chi connectivity index (χ1v) is 7.80. The number of hydrogen-bond donors (Lipinski definition) is 1. The molecule has 0 radical (unpaired) electrons.